The fraction of sp³-hybridized carbons (Fsp3) is 0.643. The molecule has 0 aliphatic heterocycles. The summed E-state index contributed by atoms with van der Waals surface area (Å²) >= 11 is 0. The molecule has 0 aromatic carbocycles. The zero-order valence-electron chi connectivity index (χ0n) is 11.4. The molecule has 0 saturated heterocycles. The number of unbranched alkanes of at least 4 members (excludes halogenated alkanes) is 1. The number of allylic oxidation sites excluding steroid dienone is 4. The average Bonchev–Trinajstić information content (AvgIpc) is 2.14. The monoisotopic (exact) mass is 349 g/mol. The highest BCUT2D eigenvalue weighted by Crippen LogP contribution is 2.22. The number of rotatable bonds is 5. The molecule has 1 rings (SSSR count). The van der Waals surface area contributed by atoms with Crippen LogP contribution in [-0.4, -0.2) is 38.0 Å². The molecule has 0 fully saturated rings. The molecule has 0 aromatic heterocycles. The van der Waals surface area contributed by atoms with Crippen molar-refractivity contribution in [2.75, 3.05) is 27.7 Å². The second-order valence-corrected chi connectivity index (χ2v) is 5.73. The van der Waals surface area contributed by atoms with Crippen LogP contribution in [-0.2, 0) is 4.79 Å². The largest absolute Gasteiger partial charge is 1.00 e. The standard InChI is InChI=1S/C14H24NO.HI/c1-12-8-7-10-14(16)13(12)9-5-6-11-15(2,3)4;/h7-8,10,13H,5-6,9,11H2,1-4H3;1H/q+1;/p-1. The van der Waals surface area contributed by atoms with E-state index in [-0.39, 0.29) is 35.7 Å². The third kappa shape index (κ3) is 6.36. The Bertz CT molecular complexity index is 313. The SMILES string of the molecule is CC1=CC=CC(=O)C1CCCC[N+](C)(C)C.[I-]. The number of hydrogen-bond acceptors (Lipinski definition) is 1. The molecular formula is C14H24INO. The Morgan fingerprint density at radius 2 is 1.88 bits per heavy atom. The van der Waals surface area contributed by atoms with Gasteiger partial charge in [0.2, 0.25) is 0 Å². The highest BCUT2D eigenvalue weighted by Gasteiger charge is 2.19. The maximum Gasteiger partial charge on any atom is 0.162 e. The Morgan fingerprint density at radius 1 is 1.24 bits per heavy atom. The predicted octanol–water partition coefficient (Wildman–Crippen LogP) is -0.432. The minimum absolute atomic E-state index is 0. The molecule has 1 aliphatic rings. The van der Waals surface area contributed by atoms with E-state index in [1.54, 1.807) is 6.08 Å². The van der Waals surface area contributed by atoms with Gasteiger partial charge in [-0.25, -0.2) is 0 Å². The number of halogens is 1. The van der Waals surface area contributed by atoms with Gasteiger partial charge in [-0.3, -0.25) is 4.79 Å². The number of quaternary nitrogens is 1. The molecule has 0 N–H and O–H groups in total. The molecule has 2 nitrogen and oxygen atoms in total. The summed E-state index contributed by atoms with van der Waals surface area (Å²) in [7, 11) is 6.62. The lowest BCUT2D eigenvalue weighted by molar-refractivity contribution is -0.870. The summed E-state index contributed by atoms with van der Waals surface area (Å²) < 4.78 is 1.01. The van der Waals surface area contributed by atoms with E-state index in [2.05, 4.69) is 34.1 Å². The number of ketones is 1. The van der Waals surface area contributed by atoms with Crippen molar-refractivity contribution in [3.8, 4) is 0 Å². The topological polar surface area (TPSA) is 17.1 Å². The second kappa shape index (κ2) is 7.31. The Labute approximate surface area is 122 Å². The zero-order valence-corrected chi connectivity index (χ0v) is 13.5. The quantitative estimate of drug-likeness (QED) is 0.374. The molecule has 1 aliphatic carbocycles. The van der Waals surface area contributed by atoms with E-state index in [4.69, 9.17) is 0 Å². The van der Waals surface area contributed by atoms with Crippen molar-refractivity contribution in [1.82, 2.24) is 0 Å². The minimum atomic E-state index is 0. The van der Waals surface area contributed by atoms with Gasteiger partial charge < -0.3 is 28.5 Å². The maximum absolute atomic E-state index is 11.7. The lowest BCUT2D eigenvalue weighted by atomic mass is 9.87. The maximum atomic E-state index is 11.7. The van der Waals surface area contributed by atoms with E-state index in [0.29, 0.717) is 0 Å². The molecule has 0 bridgehead atoms. The van der Waals surface area contributed by atoms with Gasteiger partial charge in [-0.05, 0) is 32.3 Å². The summed E-state index contributed by atoms with van der Waals surface area (Å²) in [6.07, 6.45) is 8.98. The van der Waals surface area contributed by atoms with Crippen LogP contribution in [0.2, 0.25) is 0 Å². The van der Waals surface area contributed by atoms with Crippen molar-refractivity contribution in [3.05, 3.63) is 23.8 Å². The lowest BCUT2D eigenvalue weighted by Gasteiger charge is -2.24. The van der Waals surface area contributed by atoms with Crippen LogP contribution in [0, 0.1) is 5.92 Å². The Hall–Kier alpha value is -0.160. The highest BCUT2D eigenvalue weighted by molar-refractivity contribution is 5.95. The van der Waals surface area contributed by atoms with Gasteiger partial charge in [0, 0.05) is 5.92 Å². The molecule has 0 aromatic rings. The van der Waals surface area contributed by atoms with E-state index >= 15 is 0 Å². The molecule has 0 amide bonds. The normalized spacial score (nSPS) is 19.9. The molecular weight excluding hydrogens is 325 g/mol. The molecule has 98 valence electrons. The number of carbonyl (C=O) groups is 1. The van der Waals surface area contributed by atoms with Gasteiger partial charge in [0.25, 0.3) is 0 Å². The van der Waals surface area contributed by atoms with E-state index in [1.165, 1.54) is 18.5 Å². The summed E-state index contributed by atoms with van der Waals surface area (Å²) in [4.78, 5) is 11.7. The van der Waals surface area contributed by atoms with E-state index in [9.17, 15) is 4.79 Å². The molecule has 0 saturated carbocycles. The van der Waals surface area contributed by atoms with Crippen LogP contribution >= 0.6 is 0 Å². The Morgan fingerprint density at radius 3 is 2.41 bits per heavy atom. The second-order valence-electron chi connectivity index (χ2n) is 5.73. The summed E-state index contributed by atoms with van der Waals surface area (Å²) in [5, 5.41) is 0. The van der Waals surface area contributed by atoms with Gasteiger partial charge in [0.15, 0.2) is 5.78 Å². The molecule has 0 radical (unpaired) electrons. The van der Waals surface area contributed by atoms with Crippen molar-refractivity contribution in [3.63, 3.8) is 0 Å². The van der Waals surface area contributed by atoms with Gasteiger partial charge in [0.05, 0.1) is 27.7 Å². The molecule has 1 unspecified atom stereocenters. The van der Waals surface area contributed by atoms with Crippen molar-refractivity contribution in [2.45, 2.75) is 26.2 Å². The highest BCUT2D eigenvalue weighted by atomic mass is 127. The van der Waals surface area contributed by atoms with E-state index in [0.717, 1.165) is 17.3 Å². The first-order chi connectivity index (χ1) is 7.40. The Balaban J connectivity index is 0.00000256. The van der Waals surface area contributed by atoms with Crippen molar-refractivity contribution in [1.29, 1.82) is 0 Å². The predicted molar refractivity (Wildman–Crippen MR) is 68.1 cm³/mol. The molecule has 0 heterocycles. The molecule has 1 atom stereocenters. The van der Waals surface area contributed by atoms with Gasteiger partial charge in [0.1, 0.15) is 0 Å². The zero-order chi connectivity index (χ0) is 12.2. The summed E-state index contributed by atoms with van der Waals surface area (Å²) in [6.45, 7) is 3.24. The first kappa shape index (κ1) is 16.8. The van der Waals surface area contributed by atoms with Crippen LogP contribution in [0.25, 0.3) is 0 Å². The fourth-order valence-electron chi connectivity index (χ4n) is 2.06. The van der Waals surface area contributed by atoms with Crippen LogP contribution in [0.3, 0.4) is 0 Å². The molecule has 17 heavy (non-hydrogen) atoms. The first-order valence-electron chi connectivity index (χ1n) is 6.09. The summed E-state index contributed by atoms with van der Waals surface area (Å²) in [5.41, 5.74) is 1.22. The van der Waals surface area contributed by atoms with E-state index in [1.807, 2.05) is 6.08 Å². The van der Waals surface area contributed by atoms with Crippen LogP contribution in [0.1, 0.15) is 26.2 Å². The van der Waals surface area contributed by atoms with Gasteiger partial charge in [-0.15, -0.1) is 0 Å². The third-order valence-corrected chi connectivity index (χ3v) is 3.08. The summed E-state index contributed by atoms with van der Waals surface area (Å²) in [5.74, 6) is 0.433. The molecule has 0 spiro atoms. The smallest absolute Gasteiger partial charge is 0.162 e. The van der Waals surface area contributed by atoms with Crippen LogP contribution in [0.5, 0.6) is 0 Å². The van der Waals surface area contributed by atoms with Gasteiger partial charge in [-0.2, -0.15) is 0 Å². The van der Waals surface area contributed by atoms with Crippen LogP contribution < -0.4 is 24.0 Å². The van der Waals surface area contributed by atoms with Crippen molar-refractivity contribution >= 4 is 5.78 Å². The molecule has 3 heteroatoms. The number of nitrogens with zero attached hydrogens (tertiary/aromatic N) is 1. The Kier molecular flexibility index (Phi) is 7.24. The lowest BCUT2D eigenvalue weighted by Crippen LogP contribution is -3.00. The van der Waals surface area contributed by atoms with E-state index < -0.39 is 0 Å². The van der Waals surface area contributed by atoms with Gasteiger partial charge in [-0.1, -0.05) is 17.7 Å². The van der Waals surface area contributed by atoms with Crippen LogP contribution in [0.4, 0.5) is 0 Å². The van der Waals surface area contributed by atoms with Gasteiger partial charge >= 0.3 is 0 Å². The first-order valence-corrected chi connectivity index (χ1v) is 6.09. The summed E-state index contributed by atoms with van der Waals surface area (Å²) in [6, 6.07) is 0. The fourth-order valence-corrected chi connectivity index (χ4v) is 2.06. The van der Waals surface area contributed by atoms with Crippen LogP contribution in [0.15, 0.2) is 23.8 Å². The van der Waals surface area contributed by atoms with Crippen molar-refractivity contribution < 1.29 is 33.3 Å². The minimum Gasteiger partial charge on any atom is -1.00 e. The number of carbonyl (C=O) groups excluding carboxylic acids is 1. The third-order valence-electron chi connectivity index (χ3n) is 3.08. The number of hydrogen-bond donors (Lipinski definition) is 0. The van der Waals surface area contributed by atoms with Crippen molar-refractivity contribution in [2.24, 2.45) is 5.92 Å². The average molecular weight is 349 g/mol.